The molecule has 2 heterocycles. The van der Waals surface area contributed by atoms with Crippen LogP contribution in [0.25, 0.3) is 11.0 Å². The lowest BCUT2D eigenvalue weighted by Crippen LogP contribution is -2.21. The van der Waals surface area contributed by atoms with Crippen molar-refractivity contribution >= 4 is 22.7 Å². The highest BCUT2D eigenvalue weighted by Crippen LogP contribution is 2.31. The molecule has 0 aliphatic heterocycles. The molecule has 1 aliphatic carbocycles. The van der Waals surface area contributed by atoms with Crippen molar-refractivity contribution < 1.29 is 9.50 Å². The Morgan fingerprint density at radius 1 is 1.29 bits per heavy atom. The maximum absolute atomic E-state index is 13.8. The van der Waals surface area contributed by atoms with Crippen LogP contribution in [0.1, 0.15) is 12.8 Å². The van der Waals surface area contributed by atoms with Crippen LogP contribution in [-0.2, 0) is 6.54 Å². The molecule has 6 nitrogen and oxygen atoms in total. The van der Waals surface area contributed by atoms with Gasteiger partial charge in [-0.25, -0.2) is 9.37 Å². The molecule has 3 aromatic rings. The third-order valence-electron chi connectivity index (χ3n) is 4.06. The number of benzene rings is 1. The summed E-state index contributed by atoms with van der Waals surface area (Å²) in [7, 11) is 0. The topological polar surface area (TPSA) is 80.0 Å². The zero-order chi connectivity index (χ0) is 16.7. The zero-order valence-electron chi connectivity index (χ0n) is 12.7. The van der Waals surface area contributed by atoms with Crippen molar-refractivity contribution in [1.29, 1.82) is 0 Å². The Morgan fingerprint density at radius 2 is 2.12 bits per heavy atom. The van der Waals surface area contributed by atoms with Crippen LogP contribution in [0.2, 0.25) is 0 Å². The summed E-state index contributed by atoms with van der Waals surface area (Å²) in [5.74, 6) is -0.0469. The minimum Gasteiger partial charge on any atom is -0.508 e. The number of phenols is 1. The van der Waals surface area contributed by atoms with Crippen LogP contribution < -0.4 is 10.9 Å². The highest BCUT2D eigenvalue weighted by atomic mass is 19.1. The van der Waals surface area contributed by atoms with E-state index in [4.69, 9.17) is 0 Å². The number of hydrogen-bond acceptors (Lipinski definition) is 5. The van der Waals surface area contributed by atoms with E-state index in [0.717, 1.165) is 24.3 Å². The third kappa shape index (κ3) is 2.80. The number of pyridine rings is 1. The normalized spacial score (nSPS) is 14.0. The molecule has 0 saturated heterocycles. The standard InChI is InChI=1S/C17H15FN4O2/c18-13-7-12(23)4-5-14(13)20-17-19-8-11-3-6-15(24)22(16(11)21-17)9-10-1-2-10/h3-8,10,23H,1-2,9H2,(H,19,20,21). The van der Waals surface area contributed by atoms with Crippen LogP contribution in [0, 0.1) is 11.7 Å². The largest absolute Gasteiger partial charge is 0.508 e. The number of phenolic OH excluding ortho intramolecular Hbond substituents is 1. The summed E-state index contributed by atoms with van der Waals surface area (Å²) in [6.45, 7) is 0.639. The number of aromatic hydroxyl groups is 1. The second kappa shape index (κ2) is 5.59. The average molecular weight is 326 g/mol. The van der Waals surface area contributed by atoms with E-state index in [0.29, 0.717) is 18.1 Å². The van der Waals surface area contributed by atoms with Crippen LogP contribution in [0.15, 0.2) is 41.3 Å². The Kier molecular flexibility index (Phi) is 3.41. The molecule has 1 fully saturated rings. The van der Waals surface area contributed by atoms with E-state index in [2.05, 4.69) is 15.3 Å². The van der Waals surface area contributed by atoms with E-state index in [-0.39, 0.29) is 22.9 Å². The minimum absolute atomic E-state index is 0.102. The third-order valence-corrected chi connectivity index (χ3v) is 4.06. The van der Waals surface area contributed by atoms with Crippen molar-refractivity contribution in [2.75, 3.05) is 5.32 Å². The summed E-state index contributed by atoms with van der Waals surface area (Å²) in [5.41, 5.74) is 0.583. The molecule has 0 radical (unpaired) electrons. The number of hydrogen-bond donors (Lipinski definition) is 2. The predicted octanol–water partition coefficient (Wildman–Crippen LogP) is 2.79. The Hall–Kier alpha value is -2.96. The Balaban J connectivity index is 1.75. The highest BCUT2D eigenvalue weighted by molar-refractivity contribution is 5.75. The molecular weight excluding hydrogens is 311 g/mol. The Bertz CT molecular complexity index is 982. The number of anilines is 2. The van der Waals surface area contributed by atoms with E-state index in [1.165, 1.54) is 18.2 Å². The second-order valence-electron chi connectivity index (χ2n) is 5.99. The summed E-state index contributed by atoms with van der Waals surface area (Å²) in [5, 5.41) is 12.8. The quantitative estimate of drug-likeness (QED) is 0.721. The van der Waals surface area contributed by atoms with Gasteiger partial charge in [0.05, 0.1) is 5.69 Å². The number of nitrogens with zero attached hydrogens (tertiary/aromatic N) is 3. The van der Waals surface area contributed by atoms with Crippen molar-refractivity contribution in [3.05, 3.63) is 52.7 Å². The molecule has 1 aliphatic rings. The summed E-state index contributed by atoms with van der Waals surface area (Å²) >= 11 is 0. The monoisotopic (exact) mass is 326 g/mol. The number of nitrogens with one attached hydrogen (secondary N) is 1. The lowest BCUT2D eigenvalue weighted by molar-refractivity contribution is 0.469. The van der Waals surface area contributed by atoms with Gasteiger partial charge in [-0.05, 0) is 37.0 Å². The van der Waals surface area contributed by atoms with Gasteiger partial charge in [0.15, 0.2) is 0 Å². The first-order valence-electron chi connectivity index (χ1n) is 7.72. The number of aromatic nitrogens is 3. The molecular formula is C17H15FN4O2. The van der Waals surface area contributed by atoms with Crippen molar-refractivity contribution in [2.24, 2.45) is 5.92 Å². The van der Waals surface area contributed by atoms with Crippen LogP contribution in [0.4, 0.5) is 16.0 Å². The van der Waals surface area contributed by atoms with E-state index >= 15 is 0 Å². The highest BCUT2D eigenvalue weighted by Gasteiger charge is 2.23. The van der Waals surface area contributed by atoms with Crippen LogP contribution in [0.3, 0.4) is 0 Å². The maximum Gasteiger partial charge on any atom is 0.252 e. The molecule has 0 amide bonds. The predicted molar refractivity (Wildman–Crippen MR) is 87.9 cm³/mol. The lowest BCUT2D eigenvalue weighted by atomic mass is 10.3. The van der Waals surface area contributed by atoms with Gasteiger partial charge in [-0.1, -0.05) is 0 Å². The van der Waals surface area contributed by atoms with Gasteiger partial charge in [-0.2, -0.15) is 4.98 Å². The van der Waals surface area contributed by atoms with Crippen LogP contribution >= 0.6 is 0 Å². The van der Waals surface area contributed by atoms with Gasteiger partial charge in [0.2, 0.25) is 5.95 Å². The molecule has 1 aromatic carbocycles. The fraction of sp³-hybridized carbons (Fsp3) is 0.235. The van der Waals surface area contributed by atoms with Gasteiger partial charge in [-0.3, -0.25) is 9.36 Å². The summed E-state index contributed by atoms with van der Waals surface area (Å²) < 4.78 is 15.5. The van der Waals surface area contributed by atoms with Gasteiger partial charge < -0.3 is 10.4 Å². The number of halogens is 1. The van der Waals surface area contributed by atoms with Crippen LogP contribution in [0.5, 0.6) is 5.75 Å². The Labute approximate surface area is 136 Å². The van der Waals surface area contributed by atoms with Crippen molar-refractivity contribution in [3.63, 3.8) is 0 Å². The van der Waals surface area contributed by atoms with Crippen LogP contribution in [-0.4, -0.2) is 19.6 Å². The molecule has 24 heavy (non-hydrogen) atoms. The van der Waals surface area contributed by atoms with E-state index in [1.54, 1.807) is 16.8 Å². The first-order chi connectivity index (χ1) is 11.6. The van der Waals surface area contributed by atoms with Gasteiger partial charge in [0.25, 0.3) is 5.56 Å². The van der Waals surface area contributed by atoms with Gasteiger partial charge >= 0.3 is 0 Å². The molecule has 1 saturated carbocycles. The van der Waals surface area contributed by atoms with E-state index in [9.17, 15) is 14.3 Å². The molecule has 0 bridgehead atoms. The maximum atomic E-state index is 13.8. The average Bonchev–Trinajstić information content (AvgIpc) is 3.37. The van der Waals surface area contributed by atoms with Gasteiger partial charge in [0.1, 0.15) is 17.2 Å². The van der Waals surface area contributed by atoms with E-state index in [1.807, 2.05) is 0 Å². The molecule has 0 unspecified atom stereocenters. The summed E-state index contributed by atoms with van der Waals surface area (Å²) in [6, 6.07) is 6.98. The van der Waals surface area contributed by atoms with Crippen molar-refractivity contribution in [3.8, 4) is 5.75 Å². The lowest BCUT2D eigenvalue weighted by Gasteiger charge is -2.11. The van der Waals surface area contributed by atoms with Crippen molar-refractivity contribution in [2.45, 2.75) is 19.4 Å². The second-order valence-corrected chi connectivity index (χ2v) is 5.99. The summed E-state index contributed by atoms with van der Waals surface area (Å²) in [6.07, 6.45) is 3.85. The summed E-state index contributed by atoms with van der Waals surface area (Å²) in [4.78, 5) is 20.7. The Morgan fingerprint density at radius 3 is 2.88 bits per heavy atom. The first-order valence-corrected chi connectivity index (χ1v) is 7.72. The number of rotatable bonds is 4. The minimum atomic E-state index is -0.609. The number of fused-ring (bicyclic) bond motifs is 1. The molecule has 7 heteroatoms. The fourth-order valence-corrected chi connectivity index (χ4v) is 2.59. The fourth-order valence-electron chi connectivity index (χ4n) is 2.59. The van der Waals surface area contributed by atoms with E-state index < -0.39 is 5.82 Å². The molecule has 4 rings (SSSR count). The van der Waals surface area contributed by atoms with Crippen molar-refractivity contribution in [1.82, 2.24) is 14.5 Å². The molecule has 0 spiro atoms. The smallest absolute Gasteiger partial charge is 0.252 e. The zero-order valence-corrected chi connectivity index (χ0v) is 12.7. The molecule has 0 atom stereocenters. The SMILES string of the molecule is O=c1ccc2cnc(Nc3ccc(O)cc3F)nc2n1CC1CC1. The molecule has 122 valence electrons. The first kappa shape index (κ1) is 14.6. The molecule has 2 N–H and O–H groups in total. The molecule has 2 aromatic heterocycles. The van der Waals surface area contributed by atoms with Gasteiger partial charge in [0, 0.05) is 30.3 Å². The van der Waals surface area contributed by atoms with Gasteiger partial charge in [-0.15, -0.1) is 0 Å².